The van der Waals surface area contributed by atoms with E-state index >= 15 is 0 Å². The fourth-order valence-corrected chi connectivity index (χ4v) is 1.81. The molecule has 0 fully saturated rings. The minimum atomic E-state index is -0.840. The van der Waals surface area contributed by atoms with Gasteiger partial charge in [0, 0.05) is 24.4 Å². The summed E-state index contributed by atoms with van der Waals surface area (Å²) in [6, 6.07) is 0. The second kappa shape index (κ2) is 4.92. The van der Waals surface area contributed by atoms with Crippen molar-refractivity contribution in [2.45, 2.75) is 40.2 Å². The Kier molecular flexibility index (Phi) is 3.82. The van der Waals surface area contributed by atoms with E-state index in [1.807, 2.05) is 13.8 Å². The molecule has 0 aromatic carbocycles. The summed E-state index contributed by atoms with van der Waals surface area (Å²) in [6.45, 7) is 5.99. The Morgan fingerprint density at radius 1 is 1.44 bits per heavy atom. The molecular formula is C11H16N2O3. The number of aliphatic carboxylic acids is 1. The SMILES string of the molecule is CCn1c(C)c(CCC(=O)O)c(C)nc1=O. The topological polar surface area (TPSA) is 72.2 Å². The number of hydrogen-bond acceptors (Lipinski definition) is 3. The molecule has 1 N–H and O–H groups in total. The molecule has 0 aliphatic heterocycles. The number of carboxylic acid groups (broad SMARTS) is 1. The molecule has 0 spiro atoms. The molecular weight excluding hydrogens is 208 g/mol. The van der Waals surface area contributed by atoms with Crippen molar-refractivity contribution in [3.63, 3.8) is 0 Å². The van der Waals surface area contributed by atoms with Gasteiger partial charge in [0.1, 0.15) is 0 Å². The molecule has 5 nitrogen and oxygen atoms in total. The van der Waals surface area contributed by atoms with Crippen molar-refractivity contribution in [2.75, 3.05) is 0 Å². The molecule has 0 unspecified atom stereocenters. The number of nitrogens with zero attached hydrogens (tertiary/aromatic N) is 2. The van der Waals surface area contributed by atoms with Gasteiger partial charge in [0.2, 0.25) is 0 Å². The van der Waals surface area contributed by atoms with Gasteiger partial charge in [-0.15, -0.1) is 0 Å². The lowest BCUT2D eigenvalue weighted by atomic mass is 10.1. The van der Waals surface area contributed by atoms with Crippen LogP contribution in [0, 0.1) is 13.8 Å². The summed E-state index contributed by atoms with van der Waals surface area (Å²) in [6.07, 6.45) is 0.478. The lowest BCUT2D eigenvalue weighted by molar-refractivity contribution is -0.136. The quantitative estimate of drug-likeness (QED) is 0.824. The van der Waals surface area contributed by atoms with Crippen LogP contribution in [0.25, 0.3) is 0 Å². The molecule has 1 rings (SSSR count). The van der Waals surface area contributed by atoms with Crippen molar-refractivity contribution >= 4 is 5.97 Å². The van der Waals surface area contributed by atoms with Crippen molar-refractivity contribution in [3.05, 3.63) is 27.4 Å². The molecule has 88 valence electrons. The number of aromatic nitrogens is 2. The lowest BCUT2D eigenvalue weighted by Crippen LogP contribution is -2.27. The fourth-order valence-electron chi connectivity index (χ4n) is 1.81. The average molecular weight is 224 g/mol. The van der Waals surface area contributed by atoms with Gasteiger partial charge in [0.25, 0.3) is 0 Å². The van der Waals surface area contributed by atoms with Crippen LogP contribution in [0.3, 0.4) is 0 Å². The summed E-state index contributed by atoms with van der Waals surface area (Å²) in [5, 5.41) is 8.65. The summed E-state index contributed by atoms with van der Waals surface area (Å²) in [7, 11) is 0. The van der Waals surface area contributed by atoms with Crippen molar-refractivity contribution in [1.29, 1.82) is 0 Å². The van der Waals surface area contributed by atoms with Crippen LogP contribution in [0.5, 0.6) is 0 Å². The Morgan fingerprint density at radius 3 is 2.56 bits per heavy atom. The number of aryl methyl sites for hydroxylation is 1. The average Bonchev–Trinajstić information content (AvgIpc) is 2.16. The van der Waals surface area contributed by atoms with Gasteiger partial charge in [-0.2, -0.15) is 4.98 Å². The minimum absolute atomic E-state index is 0.0608. The second-order valence-corrected chi connectivity index (χ2v) is 3.68. The molecule has 0 aliphatic carbocycles. The van der Waals surface area contributed by atoms with Crippen LogP contribution in [0.4, 0.5) is 0 Å². The van der Waals surface area contributed by atoms with Gasteiger partial charge in [0.05, 0.1) is 0 Å². The van der Waals surface area contributed by atoms with Gasteiger partial charge in [-0.25, -0.2) is 4.79 Å². The largest absolute Gasteiger partial charge is 0.481 e. The first kappa shape index (κ1) is 12.4. The number of carboxylic acids is 1. The molecule has 0 saturated carbocycles. The Balaban J connectivity index is 3.17. The molecule has 16 heavy (non-hydrogen) atoms. The van der Waals surface area contributed by atoms with E-state index in [2.05, 4.69) is 4.98 Å². The van der Waals surface area contributed by atoms with E-state index in [4.69, 9.17) is 5.11 Å². The van der Waals surface area contributed by atoms with Gasteiger partial charge >= 0.3 is 11.7 Å². The van der Waals surface area contributed by atoms with Crippen molar-refractivity contribution in [1.82, 2.24) is 9.55 Å². The van der Waals surface area contributed by atoms with Crippen molar-refractivity contribution < 1.29 is 9.90 Å². The third kappa shape index (κ3) is 2.48. The van der Waals surface area contributed by atoms with Gasteiger partial charge in [-0.1, -0.05) is 0 Å². The highest BCUT2D eigenvalue weighted by molar-refractivity contribution is 5.67. The highest BCUT2D eigenvalue weighted by Gasteiger charge is 2.11. The maximum atomic E-state index is 11.5. The molecule has 1 aromatic rings. The Hall–Kier alpha value is -1.65. The highest BCUT2D eigenvalue weighted by Crippen LogP contribution is 2.11. The zero-order chi connectivity index (χ0) is 12.3. The molecule has 0 radical (unpaired) electrons. The predicted octanol–water partition coefficient (Wildman–Crippen LogP) is 0.897. The van der Waals surface area contributed by atoms with E-state index in [1.54, 1.807) is 11.5 Å². The molecule has 1 heterocycles. The monoisotopic (exact) mass is 224 g/mol. The Labute approximate surface area is 93.8 Å². The second-order valence-electron chi connectivity index (χ2n) is 3.68. The maximum absolute atomic E-state index is 11.5. The summed E-state index contributed by atoms with van der Waals surface area (Å²) in [5.41, 5.74) is 2.05. The number of carbonyl (C=O) groups is 1. The smallest absolute Gasteiger partial charge is 0.347 e. The van der Waals surface area contributed by atoms with Crippen molar-refractivity contribution in [3.8, 4) is 0 Å². The van der Waals surface area contributed by atoms with Crippen LogP contribution in [-0.4, -0.2) is 20.6 Å². The summed E-state index contributed by atoms with van der Waals surface area (Å²) >= 11 is 0. The van der Waals surface area contributed by atoms with Crippen LogP contribution < -0.4 is 5.69 Å². The molecule has 0 amide bonds. The molecule has 1 aromatic heterocycles. The van der Waals surface area contributed by atoms with Crippen LogP contribution in [-0.2, 0) is 17.8 Å². The zero-order valence-electron chi connectivity index (χ0n) is 9.78. The molecule has 0 saturated heterocycles. The van der Waals surface area contributed by atoms with Crippen molar-refractivity contribution in [2.24, 2.45) is 0 Å². The van der Waals surface area contributed by atoms with E-state index in [1.165, 1.54) is 0 Å². The molecule has 5 heteroatoms. The van der Waals surface area contributed by atoms with Gasteiger partial charge < -0.3 is 5.11 Å². The van der Waals surface area contributed by atoms with Crippen LogP contribution >= 0.6 is 0 Å². The molecule has 0 bridgehead atoms. The molecule has 0 aliphatic rings. The van der Waals surface area contributed by atoms with E-state index in [-0.39, 0.29) is 12.1 Å². The van der Waals surface area contributed by atoms with Gasteiger partial charge in [0.15, 0.2) is 0 Å². The number of rotatable bonds is 4. The van der Waals surface area contributed by atoms with Crippen LogP contribution in [0.1, 0.15) is 30.3 Å². The third-order valence-electron chi connectivity index (χ3n) is 2.68. The summed E-state index contributed by atoms with van der Waals surface area (Å²) in [5.74, 6) is -0.840. The van der Waals surface area contributed by atoms with Gasteiger partial charge in [-0.3, -0.25) is 9.36 Å². The first-order valence-corrected chi connectivity index (χ1v) is 5.26. The Morgan fingerprint density at radius 2 is 2.06 bits per heavy atom. The standard InChI is InChI=1S/C11H16N2O3/c1-4-13-8(3)9(5-6-10(14)15)7(2)12-11(13)16/h4-6H2,1-3H3,(H,14,15). The number of hydrogen-bond donors (Lipinski definition) is 1. The Bertz CT molecular complexity index is 463. The van der Waals surface area contributed by atoms with E-state index < -0.39 is 5.97 Å². The predicted molar refractivity (Wildman–Crippen MR) is 59.6 cm³/mol. The highest BCUT2D eigenvalue weighted by atomic mass is 16.4. The zero-order valence-corrected chi connectivity index (χ0v) is 9.78. The van der Waals surface area contributed by atoms with Crippen LogP contribution in [0.15, 0.2) is 4.79 Å². The first-order valence-electron chi connectivity index (χ1n) is 5.26. The van der Waals surface area contributed by atoms with E-state index in [0.717, 1.165) is 11.3 Å². The van der Waals surface area contributed by atoms with E-state index in [9.17, 15) is 9.59 Å². The summed E-state index contributed by atoms with van der Waals surface area (Å²) in [4.78, 5) is 25.9. The van der Waals surface area contributed by atoms with Crippen LogP contribution in [0.2, 0.25) is 0 Å². The maximum Gasteiger partial charge on any atom is 0.347 e. The normalized spacial score (nSPS) is 10.4. The fraction of sp³-hybridized carbons (Fsp3) is 0.545. The minimum Gasteiger partial charge on any atom is -0.481 e. The molecule has 0 atom stereocenters. The first-order chi connectivity index (χ1) is 7.47. The van der Waals surface area contributed by atoms with Gasteiger partial charge in [-0.05, 0) is 32.8 Å². The third-order valence-corrected chi connectivity index (χ3v) is 2.68. The lowest BCUT2D eigenvalue weighted by Gasteiger charge is -2.13. The summed E-state index contributed by atoms with van der Waals surface area (Å²) < 4.78 is 1.56. The van der Waals surface area contributed by atoms with E-state index in [0.29, 0.717) is 18.7 Å².